The summed E-state index contributed by atoms with van der Waals surface area (Å²) in [5.74, 6) is 0.0786. The third kappa shape index (κ3) is 5.72. The zero-order chi connectivity index (χ0) is 14.0. The summed E-state index contributed by atoms with van der Waals surface area (Å²) in [7, 11) is 0. The second-order valence-electron chi connectivity index (χ2n) is 5.16. The van der Waals surface area contributed by atoms with Gasteiger partial charge in [-0.2, -0.15) is 0 Å². The van der Waals surface area contributed by atoms with Crippen molar-refractivity contribution in [2.45, 2.75) is 31.8 Å². The van der Waals surface area contributed by atoms with E-state index in [1.54, 1.807) is 0 Å². The van der Waals surface area contributed by atoms with E-state index in [-0.39, 0.29) is 5.91 Å². The van der Waals surface area contributed by atoms with Gasteiger partial charge >= 0.3 is 0 Å². The SMILES string of the molecule is O=C(CCOC1CCNCC1)NCCc1ccccc1. The first kappa shape index (κ1) is 15.0. The highest BCUT2D eigenvalue weighted by Gasteiger charge is 2.13. The monoisotopic (exact) mass is 276 g/mol. The third-order valence-corrected chi connectivity index (χ3v) is 3.55. The van der Waals surface area contributed by atoms with Crippen LogP contribution in [0.3, 0.4) is 0 Å². The number of carbonyl (C=O) groups is 1. The molecule has 2 N–H and O–H groups in total. The Morgan fingerprint density at radius 3 is 2.75 bits per heavy atom. The van der Waals surface area contributed by atoms with Crippen LogP contribution in [0.15, 0.2) is 30.3 Å². The molecular formula is C16H24N2O2. The Balaban J connectivity index is 1.52. The maximum Gasteiger partial charge on any atom is 0.222 e. The van der Waals surface area contributed by atoms with Crippen LogP contribution >= 0.6 is 0 Å². The van der Waals surface area contributed by atoms with E-state index in [9.17, 15) is 4.79 Å². The van der Waals surface area contributed by atoms with Crippen molar-refractivity contribution in [2.75, 3.05) is 26.2 Å². The van der Waals surface area contributed by atoms with E-state index in [1.165, 1.54) is 5.56 Å². The van der Waals surface area contributed by atoms with E-state index in [1.807, 2.05) is 18.2 Å². The number of nitrogens with one attached hydrogen (secondary N) is 2. The average molecular weight is 276 g/mol. The molecular weight excluding hydrogens is 252 g/mol. The predicted molar refractivity (Wildman–Crippen MR) is 79.6 cm³/mol. The predicted octanol–water partition coefficient (Wildman–Crippen LogP) is 1.50. The Morgan fingerprint density at radius 1 is 1.25 bits per heavy atom. The smallest absolute Gasteiger partial charge is 0.222 e. The molecule has 1 fully saturated rings. The molecule has 2 rings (SSSR count). The highest BCUT2D eigenvalue weighted by Crippen LogP contribution is 2.07. The van der Waals surface area contributed by atoms with Crippen LogP contribution in [0.25, 0.3) is 0 Å². The summed E-state index contributed by atoms with van der Waals surface area (Å²) in [5.41, 5.74) is 1.25. The summed E-state index contributed by atoms with van der Waals surface area (Å²) >= 11 is 0. The minimum atomic E-state index is 0.0786. The minimum absolute atomic E-state index is 0.0786. The molecule has 1 aromatic carbocycles. The third-order valence-electron chi connectivity index (χ3n) is 3.55. The van der Waals surface area contributed by atoms with E-state index in [0.29, 0.717) is 25.7 Å². The maximum atomic E-state index is 11.7. The van der Waals surface area contributed by atoms with Crippen LogP contribution in [0.4, 0.5) is 0 Å². The summed E-state index contributed by atoms with van der Waals surface area (Å²) < 4.78 is 5.72. The van der Waals surface area contributed by atoms with E-state index in [4.69, 9.17) is 4.74 Å². The van der Waals surface area contributed by atoms with Crippen molar-refractivity contribution in [1.82, 2.24) is 10.6 Å². The van der Waals surface area contributed by atoms with Gasteiger partial charge in [0.25, 0.3) is 0 Å². The van der Waals surface area contributed by atoms with Crippen LogP contribution in [0.5, 0.6) is 0 Å². The molecule has 0 bridgehead atoms. The molecule has 1 heterocycles. The van der Waals surface area contributed by atoms with Crippen molar-refractivity contribution in [3.63, 3.8) is 0 Å². The van der Waals surface area contributed by atoms with E-state index in [2.05, 4.69) is 22.8 Å². The Labute approximate surface area is 120 Å². The van der Waals surface area contributed by atoms with Gasteiger partial charge in [-0.25, -0.2) is 0 Å². The van der Waals surface area contributed by atoms with Gasteiger partial charge in [-0.3, -0.25) is 4.79 Å². The normalized spacial score (nSPS) is 16.0. The maximum absolute atomic E-state index is 11.7. The molecule has 0 unspecified atom stereocenters. The lowest BCUT2D eigenvalue weighted by atomic mass is 10.1. The molecule has 1 aliphatic heterocycles. The van der Waals surface area contributed by atoms with Gasteiger partial charge in [-0.05, 0) is 37.9 Å². The number of rotatable bonds is 7. The van der Waals surface area contributed by atoms with Crippen molar-refractivity contribution in [3.8, 4) is 0 Å². The fraction of sp³-hybridized carbons (Fsp3) is 0.562. The molecule has 0 atom stereocenters. The number of piperidine rings is 1. The first-order valence-corrected chi connectivity index (χ1v) is 7.47. The van der Waals surface area contributed by atoms with Crippen LogP contribution in [0.1, 0.15) is 24.8 Å². The van der Waals surface area contributed by atoms with E-state index in [0.717, 1.165) is 32.4 Å². The Morgan fingerprint density at radius 2 is 2.00 bits per heavy atom. The van der Waals surface area contributed by atoms with Crippen molar-refractivity contribution < 1.29 is 9.53 Å². The quantitative estimate of drug-likeness (QED) is 0.793. The van der Waals surface area contributed by atoms with Crippen LogP contribution in [-0.2, 0) is 16.0 Å². The lowest BCUT2D eigenvalue weighted by molar-refractivity contribution is -0.122. The topological polar surface area (TPSA) is 50.4 Å². The lowest BCUT2D eigenvalue weighted by Crippen LogP contribution is -2.33. The van der Waals surface area contributed by atoms with E-state index >= 15 is 0 Å². The van der Waals surface area contributed by atoms with Gasteiger partial charge in [0.05, 0.1) is 12.7 Å². The number of hydrogen-bond donors (Lipinski definition) is 2. The number of ether oxygens (including phenoxy) is 1. The molecule has 0 aromatic heterocycles. The van der Waals surface area contributed by atoms with Crippen molar-refractivity contribution in [1.29, 1.82) is 0 Å². The van der Waals surface area contributed by atoms with Crippen LogP contribution in [0, 0.1) is 0 Å². The Hall–Kier alpha value is -1.39. The van der Waals surface area contributed by atoms with Gasteiger partial charge in [0.2, 0.25) is 5.91 Å². The number of hydrogen-bond acceptors (Lipinski definition) is 3. The number of benzene rings is 1. The molecule has 20 heavy (non-hydrogen) atoms. The molecule has 0 spiro atoms. The second kappa shape index (κ2) is 8.72. The molecule has 0 aliphatic carbocycles. The average Bonchev–Trinajstić information content (AvgIpc) is 2.49. The number of amides is 1. The highest BCUT2D eigenvalue weighted by atomic mass is 16.5. The summed E-state index contributed by atoms with van der Waals surface area (Å²) in [5, 5.41) is 6.24. The molecule has 110 valence electrons. The summed E-state index contributed by atoms with van der Waals surface area (Å²) in [6, 6.07) is 10.2. The first-order valence-electron chi connectivity index (χ1n) is 7.47. The fourth-order valence-electron chi connectivity index (χ4n) is 2.36. The van der Waals surface area contributed by atoms with Gasteiger partial charge in [0.1, 0.15) is 0 Å². The fourth-order valence-corrected chi connectivity index (χ4v) is 2.36. The van der Waals surface area contributed by atoms with Crippen LogP contribution in [-0.4, -0.2) is 38.3 Å². The van der Waals surface area contributed by atoms with Crippen LogP contribution in [0.2, 0.25) is 0 Å². The molecule has 4 heteroatoms. The zero-order valence-electron chi connectivity index (χ0n) is 11.9. The van der Waals surface area contributed by atoms with Crippen molar-refractivity contribution in [2.24, 2.45) is 0 Å². The van der Waals surface area contributed by atoms with Gasteiger partial charge in [-0.1, -0.05) is 30.3 Å². The van der Waals surface area contributed by atoms with Gasteiger partial charge < -0.3 is 15.4 Å². The van der Waals surface area contributed by atoms with E-state index < -0.39 is 0 Å². The highest BCUT2D eigenvalue weighted by molar-refractivity contribution is 5.75. The largest absolute Gasteiger partial charge is 0.378 e. The number of carbonyl (C=O) groups excluding carboxylic acids is 1. The Kier molecular flexibility index (Phi) is 6.54. The molecule has 1 saturated heterocycles. The molecule has 1 aromatic rings. The standard InChI is InChI=1S/C16H24N2O2/c19-16(9-13-20-15-7-10-17-11-8-15)18-12-6-14-4-2-1-3-5-14/h1-5,15,17H,6-13H2,(H,18,19). The lowest BCUT2D eigenvalue weighted by Gasteiger charge is -2.22. The van der Waals surface area contributed by atoms with Gasteiger partial charge in [0.15, 0.2) is 0 Å². The summed E-state index contributed by atoms with van der Waals surface area (Å²) in [6.45, 7) is 3.26. The molecule has 0 radical (unpaired) electrons. The van der Waals surface area contributed by atoms with Crippen LogP contribution < -0.4 is 10.6 Å². The van der Waals surface area contributed by atoms with Crippen molar-refractivity contribution in [3.05, 3.63) is 35.9 Å². The first-order chi connectivity index (χ1) is 9.84. The summed E-state index contributed by atoms with van der Waals surface area (Å²) in [6.07, 6.45) is 3.76. The molecule has 1 aliphatic rings. The zero-order valence-corrected chi connectivity index (χ0v) is 11.9. The van der Waals surface area contributed by atoms with Gasteiger partial charge in [0, 0.05) is 13.0 Å². The minimum Gasteiger partial charge on any atom is -0.378 e. The summed E-state index contributed by atoms with van der Waals surface area (Å²) in [4.78, 5) is 11.7. The molecule has 0 saturated carbocycles. The van der Waals surface area contributed by atoms with Gasteiger partial charge in [-0.15, -0.1) is 0 Å². The Bertz CT molecular complexity index is 389. The van der Waals surface area contributed by atoms with Crippen molar-refractivity contribution >= 4 is 5.91 Å². The molecule has 1 amide bonds. The second-order valence-corrected chi connectivity index (χ2v) is 5.16. The molecule has 4 nitrogen and oxygen atoms in total.